The summed E-state index contributed by atoms with van der Waals surface area (Å²) in [4.78, 5) is 0. The van der Waals surface area contributed by atoms with Crippen molar-refractivity contribution in [3.05, 3.63) is 27.4 Å². The van der Waals surface area contributed by atoms with Crippen LogP contribution < -0.4 is 5.73 Å². The van der Waals surface area contributed by atoms with E-state index in [-0.39, 0.29) is 5.69 Å². The molecule has 0 saturated heterocycles. The molecule has 0 unspecified atom stereocenters. The fourth-order valence-corrected chi connectivity index (χ4v) is 1.03. The van der Waals surface area contributed by atoms with Crippen LogP contribution in [0.3, 0.4) is 0 Å². The first-order chi connectivity index (χ1) is 5.61. The average Bonchev–Trinajstić information content (AvgIpc) is 2.05. The lowest BCUT2D eigenvalue weighted by atomic mass is 10.3. The van der Waals surface area contributed by atoms with Gasteiger partial charge in [0.15, 0.2) is 0 Å². The summed E-state index contributed by atoms with van der Waals surface area (Å²) in [6.07, 6.45) is 0. The second-order valence-corrected chi connectivity index (χ2v) is 3.05. The minimum atomic E-state index is -0.462. The Hall–Kier alpha value is -0.280. The molecule has 0 spiro atoms. The van der Waals surface area contributed by atoms with E-state index in [2.05, 4.69) is 15.9 Å². The van der Waals surface area contributed by atoms with Crippen LogP contribution >= 0.6 is 27.5 Å². The third kappa shape index (κ3) is 2.99. The number of nitrogen functional groups attached to an aromatic ring is 1. The van der Waals surface area contributed by atoms with Crippen LogP contribution in [0.15, 0.2) is 16.6 Å². The van der Waals surface area contributed by atoms with Gasteiger partial charge in [-0.05, 0) is 28.1 Å². The monoisotopic (exact) mass is 253 g/mol. The number of halogens is 3. The van der Waals surface area contributed by atoms with Crippen molar-refractivity contribution in [3.8, 4) is 0 Å². The third-order valence-corrected chi connectivity index (χ3v) is 2.24. The predicted octanol–water partition coefficient (Wildman–Crippen LogP) is 3.85. The highest BCUT2D eigenvalue weighted by Crippen LogP contribution is 2.26. The number of anilines is 1. The molecule has 1 rings (SSSR count). The zero-order valence-corrected chi connectivity index (χ0v) is 9.21. The van der Waals surface area contributed by atoms with Crippen molar-refractivity contribution >= 4 is 33.2 Å². The van der Waals surface area contributed by atoms with Crippen LogP contribution in [0, 0.1) is 5.82 Å². The zero-order chi connectivity index (χ0) is 9.72. The molecule has 12 heavy (non-hydrogen) atoms. The summed E-state index contributed by atoms with van der Waals surface area (Å²) in [6, 6.07) is 2.60. The number of nitrogens with two attached hydrogens (primary N) is 1. The molecule has 0 aliphatic rings. The van der Waals surface area contributed by atoms with E-state index in [4.69, 9.17) is 17.3 Å². The molecule has 68 valence electrons. The van der Waals surface area contributed by atoms with Crippen LogP contribution in [0.5, 0.6) is 0 Å². The first-order valence-electron chi connectivity index (χ1n) is 3.51. The first kappa shape index (κ1) is 11.7. The average molecular weight is 255 g/mol. The third-order valence-electron chi connectivity index (χ3n) is 1.04. The molecular weight excluding hydrogens is 244 g/mol. The van der Waals surface area contributed by atoms with E-state index in [1.807, 2.05) is 13.8 Å². The highest BCUT2D eigenvalue weighted by Gasteiger charge is 2.02. The van der Waals surface area contributed by atoms with Gasteiger partial charge in [0.05, 0.1) is 10.7 Å². The van der Waals surface area contributed by atoms with Gasteiger partial charge in [-0.1, -0.05) is 25.4 Å². The maximum atomic E-state index is 12.5. The fourth-order valence-electron chi connectivity index (χ4n) is 0.538. The van der Waals surface area contributed by atoms with Crippen LogP contribution in [-0.4, -0.2) is 0 Å². The summed E-state index contributed by atoms with van der Waals surface area (Å²) in [5.74, 6) is -0.462. The molecule has 0 radical (unpaired) electrons. The van der Waals surface area contributed by atoms with Gasteiger partial charge in [-0.15, -0.1) is 0 Å². The van der Waals surface area contributed by atoms with E-state index in [0.29, 0.717) is 9.50 Å². The molecule has 0 amide bonds. The summed E-state index contributed by atoms with van der Waals surface area (Å²) < 4.78 is 13.1. The van der Waals surface area contributed by atoms with E-state index >= 15 is 0 Å². The zero-order valence-electron chi connectivity index (χ0n) is 6.87. The van der Waals surface area contributed by atoms with Crippen molar-refractivity contribution in [3.63, 3.8) is 0 Å². The minimum absolute atomic E-state index is 0.0631. The molecule has 0 saturated carbocycles. The van der Waals surface area contributed by atoms with Gasteiger partial charge >= 0.3 is 0 Å². The van der Waals surface area contributed by atoms with Crippen molar-refractivity contribution in [2.24, 2.45) is 0 Å². The summed E-state index contributed by atoms with van der Waals surface area (Å²) >= 11 is 8.65. The van der Waals surface area contributed by atoms with Crippen LogP contribution in [0.25, 0.3) is 0 Å². The Morgan fingerprint density at radius 1 is 1.42 bits per heavy atom. The minimum Gasteiger partial charge on any atom is -0.396 e. The number of hydrogen-bond acceptors (Lipinski definition) is 1. The lowest BCUT2D eigenvalue weighted by Gasteiger charge is -1.98. The first-order valence-corrected chi connectivity index (χ1v) is 4.68. The summed E-state index contributed by atoms with van der Waals surface area (Å²) in [6.45, 7) is 4.00. The van der Waals surface area contributed by atoms with Gasteiger partial charge in [-0.25, -0.2) is 4.39 Å². The lowest BCUT2D eigenvalue weighted by molar-refractivity contribution is 0.631. The van der Waals surface area contributed by atoms with E-state index in [1.54, 1.807) is 0 Å². The maximum absolute atomic E-state index is 12.5. The van der Waals surface area contributed by atoms with Crippen molar-refractivity contribution in [1.29, 1.82) is 0 Å². The Labute approximate surface area is 84.8 Å². The van der Waals surface area contributed by atoms with E-state index in [0.717, 1.165) is 0 Å². The Kier molecular flexibility index (Phi) is 5.25. The van der Waals surface area contributed by atoms with Crippen LogP contribution in [0.4, 0.5) is 10.1 Å². The number of rotatable bonds is 0. The molecule has 0 bridgehead atoms. The van der Waals surface area contributed by atoms with Gasteiger partial charge in [0.25, 0.3) is 0 Å². The molecule has 4 heteroatoms. The lowest BCUT2D eigenvalue weighted by Crippen LogP contribution is -1.89. The maximum Gasteiger partial charge on any atom is 0.147 e. The fraction of sp³-hybridized carbons (Fsp3) is 0.250. The topological polar surface area (TPSA) is 26.0 Å². The molecule has 0 aromatic heterocycles. The molecule has 2 N–H and O–H groups in total. The molecule has 0 heterocycles. The van der Waals surface area contributed by atoms with Crippen LogP contribution in [0.1, 0.15) is 13.8 Å². The van der Waals surface area contributed by atoms with E-state index in [9.17, 15) is 4.39 Å². The standard InChI is InChI=1S/C6H4BrClFN.C2H6/c7-3-1-5(9)6(10)2-4(3)8;1-2/h1-2H,10H2;1-2H3. The molecule has 1 aromatic carbocycles. The number of hydrogen-bond donors (Lipinski definition) is 1. The second kappa shape index (κ2) is 5.38. The Balaban J connectivity index is 0.000000561. The predicted molar refractivity (Wildman–Crippen MR) is 54.9 cm³/mol. The summed E-state index contributed by atoms with van der Waals surface area (Å²) in [5.41, 5.74) is 5.27. The quantitative estimate of drug-likeness (QED) is 0.552. The van der Waals surface area contributed by atoms with Gasteiger partial charge in [-0.2, -0.15) is 0 Å². The van der Waals surface area contributed by atoms with E-state index in [1.165, 1.54) is 12.1 Å². The van der Waals surface area contributed by atoms with Crippen molar-refractivity contribution in [1.82, 2.24) is 0 Å². The van der Waals surface area contributed by atoms with E-state index < -0.39 is 5.82 Å². The Morgan fingerprint density at radius 3 is 2.33 bits per heavy atom. The van der Waals surface area contributed by atoms with Gasteiger partial charge in [0.1, 0.15) is 5.82 Å². The molecule has 0 aliphatic carbocycles. The normalized spacial score (nSPS) is 8.75. The molecular formula is C8H10BrClFN. The van der Waals surface area contributed by atoms with Crippen molar-refractivity contribution < 1.29 is 4.39 Å². The number of benzene rings is 1. The van der Waals surface area contributed by atoms with Crippen LogP contribution in [0.2, 0.25) is 5.02 Å². The Morgan fingerprint density at radius 2 is 1.92 bits per heavy atom. The van der Waals surface area contributed by atoms with Gasteiger partial charge in [0.2, 0.25) is 0 Å². The van der Waals surface area contributed by atoms with Gasteiger partial charge in [0, 0.05) is 4.47 Å². The molecule has 0 atom stereocenters. The smallest absolute Gasteiger partial charge is 0.147 e. The highest BCUT2D eigenvalue weighted by molar-refractivity contribution is 9.10. The molecule has 1 aromatic rings. The van der Waals surface area contributed by atoms with Gasteiger partial charge in [-0.3, -0.25) is 0 Å². The van der Waals surface area contributed by atoms with Crippen molar-refractivity contribution in [2.45, 2.75) is 13.8 Å². The highest BCUT2D eigenvalue weighted by atomic mass is 79.9. The van der Waals surface area contributed by atoms with Crippen LogP contribution in [-0.2, 0) is 0 Å². The second-order valence-electron chi connectivity index (χ2n) is 1.79. The summed E-state index contributed by atoms with van der Waals surface area (Å²) in [7, 11) is 0. The van der Waals surface area contributed by atoms with Crippen molar-refractivity contribution in [2.75, 3.05) is 5.73 Å². The SMILES string of the molecule is CC.Nc1cc(Cl)c(Br)cc1F. The van der Waals surface area contributed by atoms with Gasteiger partial charge < -0.3 is 5.73 Å². The molecule has 1 nitrogen and oxygen atoms in total. The Bertz CT molecular complexity index is 215. The largest absolute Gasteiger partial charge is 0.396 e. The summed E-state index contributed by atoms with van der Waals surface area (Å²) in [5, 5.41) is 0.416. The molecule has 0 aliphatic heterocycles. The molecule has 0 fully saturated rings.